The third kappa shape index (κ3) is 7.84. The number of rotatable bonds is 10. The van der Waals surface area contributed by atoms with Crippen molar-refractivity contribution >= 4 is 35.1 Å². The maximum atomic E-state index is 14.2. The van der Waals surface area contributed by atoms with E-state index in [1.54, 1.807) is 30.3 Å². The van der Waals surface area contributed by atoms with Crippen LogP contribution in [0.4, 0.5) is 54.1 Å². The average molecular weight is 678 g/mol. The highest BCUT2D eigenvalue weighted by Gasteiger charge is 2.65. The number of benzene rings is 2. The van der Waals surface area contributed by atoms with Crippen LogP contribution in [0.1, 0.15) is 27.2 Å². The molecule has 0 saturated carbocycles. The average Bonchev–Trinajstić information content (AvgIpc) is 3.26. The molecule has 1 heterocycles. The van der Waals surface area contributed by atoms with Crippen LogP contribution in [-0.2, 0) is 19.5 Å². The van der Waals surface area contributed by atoms with E-state index < -0.39 is 53.7 Å². The molecule has 0 bridgehead atoms. The lowest BCUT2D eigenvalue weighted by molar-refractivity contribution is -0.309. The summed E-state index contributed by atoms with van der Waals surface area (Å²) in [5.41, 5.74) is 3.34. The largest absolute Gasteiger partial charge is 0.459 e. The zero-order chi connectivity index (χ0) is 34.0. The fraction of sp³-hybridized carbons (Fsp3) is 0.269. The van der Waals surface area contributed by atoms with Gasteiger partial charge in [0.25, 0.3) is 12.1 Å². The molecule has 0 aliphatic rings. The second-order valence-corrected chi connectivity index (χ2v) is 9.42. The van der Waals surface area contributed by atoms with Crippen molar-refractivity contribution in [1.29, 1.82) is 0 Å². The van der Waals surface area contributed by atoms with Crippen molar-refractivity contribution in [2.24, 2.45) is 17.8 Å². The summed E-state index contributed by atoms with van der Waals surface area (Å²) in [6, 6.07) is 12.3. The van der Waals surface area contributed by atoms with E-state index in [1.807, 2.05) is 0 Å². The third-order valence-electron chi connectivity index (χ3n) is 5.79. The van der Waals surface area contributed by atoms with Crippen molar-refractivity contribution in [3.8, 4) is 5.75 Å². The molecule has 0 saturated heterocycles. The summed E-state index contributed by atoms with van der Waals surface area (Å²) in [7, 11) is 0.619. The van der Waals surface area contributed by atoms with Crippen molar-refractivity contribution < 1.29 is 57.8 Å². The van der Waals surface area contributed by atoms with Crippen LogP contribution >= 0.6 is 11.6 Å². The number of amides is 1. The van der Waals surface area contributed by atoms with Gasteiger partial charge in [-0.1, -0.05) is 48.0 Å². The van der Waals surface area contributed by atoms with Crippen LogP contribution in [0.15, 0.2) is 59.7 Å². The van der Waals surface area contributed by atoms with Crippen LogP contribution in [0.2, 0.25) is 5.02 Å². The van der Waals surface area contributed by atoms with E-state index in [0.29, 0.717) is 13.3 Å². The summed E-state index contributed by atoms with van der Waals surface area (Å²) < 4.78 is 151. The van der Waals surface area contributed by atoms with E-state index in [4.69, 9.17) is 17.3 Å². The van der Waals surface area contributed by atoms with E-state index >= 15 is 0 Å². The first kappa shape index (κ1) is 35.1. The van der Waals surface area contributed by atoms with E-state index in [-0.39, 0.29) is 32.9 Å². The molecule has 3 aromatic rings. The number of nitrogens with one attached hydrogen (secondary N) is 1. The van der Waals surface area contributed by atoms with Crippen molar-refractivity contribution in [3.63, 3.8) is 0 Å². The summed E-state index contributed by atoms with van der Waals surface area (Å²) in [4.78, 5) is 16.2. The van der Waals surface area contributed by atoms with Gasteiger partial charge in [-0.15, -0.1) is 0 Å². The van der Waals surface area contributed by atoms with Gasteiger partial charge in [0.1, 0.15) is 0 Å². The highest BCUT2D eigenvalue weighted by atomic mass is 35.5. The lowest BCUT2D eigenvalue weighted by Gasteiger charge is -2.24. The minimum atomic E-state index is -6.50. The van der Waals surface area contributed by atoms with Crippen LogP contribution in [0.5, 0.6) is 5.75 Å². The van der Waals surface area contributed by atoms with Crippen molar-refractivity contribution in [2.45, 2.75) is 37.1 Å². The third-order valence-corrected chi connectivity index (χ3v) is 6.12. The number of allylic oxidation sites excluding steroid dienone is 1. The molecule has 1 atom stereocenters. The van der Waals surface area contributed by atoms with Crippen molar-refractivity contribution in [2.75, 3.05) is 0 Å². The predicted molar refractivity (Wildman–Crippen MR) is 139 cm³/mol. The lowest BCUT2D eigenvalue weighted by atomic mass is 10.0. The molecule has 0 fully saturated rings. The van der Waals surface area contributed by atoms with Gasteiger partial charge in [0, 0.05) is 31.6 Å². The van der Waals surface area contributed by atoms with Crippen LogP contribution < -0.4 is 15.8 Å². The first-order chi connectivity index (χ1) is 20.7. The highest BCUT2D eigenvalue weighted by Crippen LogP contribution is 2.51. The molecule has 0 aliphatic carbocycles. The van der Waals surface area contributed by atoms with Crippen LogP contribution in [0.3, 0.4) is 0 Å². The van der Waals surface area contributed by atoms with E-state index in [9.17, 15) is 53.1 Å². The Morgan fingerprint density at radius 3 is 2.24 bits per heavy atom. The molecule has 7 nitrogen and oxygen atoms in total. The van der Waals surface area contributed by atoms with Crippen LogP contribution in [0.25, 0.3) is 5.57 Å². The maximum absolute atomic E-state index is 14.2. The molecule has 1 unspecified atom stereocenters. The smallest absolute Gasteiger partial charge is 0.424 e. The van der Waals surface area contributed by atoms with Gasteiger partial charge in [0.2, 0.25) is 5.75 Å². The number of hydrogen-bond acceptors (Lipinski definition) is 5. The predicted octanol–water partition coefficient (Wildman–Crippen LogP) is 7.23. The summed E-state index contributed by atoms with van der Waals surface area (Å²) in [5.74, 6) is -10.5. The van der Waals surface area contributed by atoms with Gasteiger partial charge < -0.3 is 15.8 Å². The van der Waals surface area contributed by atoms with Gasteiger partial charge in [0.15, 0.2) is 11.5 Å². The van der Waals surface area contributed by atoms with E-state index in [0.717, 1.165) is 11.8 Å². The molecule has 19 heteroatoms. The number of aromatic nitrogens is 2. The topological polar surface area (TPSA) is 94.5 Å². The Morgan fingerprint density at radius 1 is 1.07 bits per heavy atom. The van der Waals surface area contributed by atoms with Gasteiger partial charge in [-0.25, -0.2) is 14.1 Å². The molecule has 2 aromatic carbocycles. The number of alkyl halides is 11. The number of ether oxygens (including phenoxy) is 1. The zero-order valence-electron chi connectivity index (χ0n) is 22.3. The number of carbonyl (C=O) groups excluding carboxylic acids is 1. The highest BCUT2D eigenvalue weighted by molar-refractivity contribution is 6.34. The maximum Gasteiger partial charge on any atom is 0.459 e. The molecule has 0 aliphatic heterocycles. The number of carbonyl (C=O) groups is 1. The van der Waals surface area contributed by atoms with Crippen molar-refractivity contribution in [3.05, 3.63) is 82.1 Å². The lowest BCUT2D eigenvalue weighted by Crippen LogP contribution is -2.46. The Kier molecular flexibility index (Phi) is 10.1. The van der Waals surface area contributed by atoms with Gasteiger partial charge in [-0.05, 0) is 23.3 Å². The second kappa shape index (κ2) is 12.9. The fourth-order valence-corrected chi connectivity index (χ4v) is 3.75. The molecule has 3 N–H and O–H groups in total. The Bertz CT molecular complexity index is 1590. The Balaban J connectivity index is 2.04. The molecular weight excluding hydrogens is 659 g/mol. The monoisotopic (exact) mass is 677 g/mol. The SMILES string of the molecule is Cn1nc(C(F)(F)C(F)(F)F)c(OC(F)(F)C(F)C(F)(F)F)c1N=CC(=CN)c1ccc(Cl)c(C(=O)NCc2ccccc2)c1. The first-order valence-electron chi connectivity index (χ1n) is 12.1. The Hall–Kier alpha value is -4.35. The summed E-state index contributed by atoms with van der Waals surface area (Å²) >= 11 is 6.12. The van der Waals surface area contributed by atoms with Crippen molar-refractivity contribution in [1.82, 2.24) is 15.1 Å². The van der Waals surface area contributed by atoms with E-state index in [2.05, 4.69) is 20.1 Å². The molecular formula is C26H19ClF11N5O2. The molecule has 1 amide bonds. The number of nitrogens with zero attached hydrogens (tertiary/aromatic N) is 3. The first-order valence-corrected chi connectivity index (χ1v) is 12.5. The number of hydrogen-bond donors (Lipinski definition) is 2. The molecule has 0 radical (unpaired) electrons. The molecule has 0 spiro atoms. The van der Waals surface area contributed by atoms with Gasteiger partial charge in [-0.2, -0.15) is 49.0 Å². The fourth-order valence-electron chi connectivity index (χ4n) is 3.55. The number of aliphatic imine (C=N–C) groups is 1. The normalized spacial score (nSPS) is 14.1. The number of nitrogens with two attached hydrogens (primary N) is 1. The Labute approximate surface area is 251 Å². The zero-order valence-corrected chi connectivity index (χ0v) is 23.1. The molecule has 45 heavy (non-hydrogen) atoms. The summed E-state index contributed by atoms with van der Waals surface area (Å²) in [5, 5.41) is 5.33. The second-order valence-electron chi connectivity index (χ2n) is 9.01. The summed E-state index contributed by atoms with van der Waals surface area (Å²) in [6.45, 7) is 0.0914. The Morgan fingerprint density at radius 2 is 1.69 bits per heavy atom. The number of aryl methyl sites for hydroxylation is 1. The number of halogens is 12. The molecule has 3 rings (SSSR count). The standard InChI is InChI=1S/C26H19ClF11N5O2/c1-43-20(18(19(42-43)23(29,30)26(36,37)38)45-25(34,35)22(28)24(31,32)33)40-12-15(10-39)14-7-8-17(27)16(9-14)21(44)41-11-13-5-3-2-4-6-13/h2-10,12,22H,11,39H2,1H3,(H,41,44). The minimum absolute atomic E-state index is 0.0206. The minimum Gasteiger partial charge on any atom is -0.424 e. The van der Waals surface area contributed by atoms with Gasteiger partial charge >= 0.3 is 24.4 Å². The van der Waals surface area contributed by atoms with Crippen LogP contribution in [0, 0.1) is 0 Å². The van der Waals surface area contributed by atoms with Gasteiger partial charge in [-0.3, -0.25) is 4.79 Å². The summed E-state index contributed by atoms with van der Waals surface area (Å²) in [6.07, 6.45) is -22.6. The molecule has 1 aromatic heterocycles. The quantitative estimate of drug-likeness (QED) is 0.175. The van der Waals surface area contributed by atoms with Crippen LogP contribution in [-0.4, -0.2) is 46.5 Å². The molecule has 244 valence electrons. The van der Waals surface area contributed by atoms with E-state index in [1.165, 1.54) is 18.2 Å². The van der Waals surface area contributed by atoms with Gasteiger partial charge in [0.05, 0.1) is 10.6 Å².